The third kappa shape index (κ3) is 5.91. The first kappa shape index (κ1) is 18.9. The molecule has 134 valence electrons. The number of rotatable bonds is 8. The molecule has 4 nitrogen and oxygen atoms in total. The zero-order chi connectivity index (χ0) is 17.4. The molecule has 4 heteroatoms. The Morgan fingerprint density at radius 1 is 1.29 bits per heavy atom. The second kappa shape index (κ2) is 9.80. The minimum atomic E-state index is -0.731. The van der Waals surface area contributed by atoms with Gasteiger partial charge in [-0.2, -0.15) is 0 Å². The van der Waals surface area contributed by atoms with E-state index >= 15 is 0 Å². The second-order valence-corrected chi connectivity index (χ2v) is 7.09. The van der Waals surface area contributed by atoms with E-state index in [1.54, 1.807) is 0 Å². The lowest BCUT2D eigenvalue weighted by atomic mass is 9.94. The van der Waals surface area contributed by atoms with E-state index in [9.17, 15) is 4.79 Å². The first-order chi connectivity index (χ1) is 11.6. The highest BCUT2D eigenvalue weighted by Crippen LogP contribution is 2.24. The van der Waals surface area contributed by atoms with Crippen LogP contribution in [0.1, 0.15) is 50.5 Å². The summed E-state index contributed by atoms with van der Waals surface area (Å²) >= 11 is 0. The average molecular weight is 332 g/mol. The van der Waals surface area contributed by atoms with Crippen molar-refractivity contribution in [3.63, 3.8) is 0 Å². The fourth-order valence-corrected chi connectivity index (χ4v) is 3.85. The smallest absolute Gasteiger partial charge is 0.317 e. The fraction of sp³-hybridized carbons (Fsp3) is 0.650. The van der Waals surface area contributed by atoms with Crippen molar-refractivity contribution >= 4 is 5.97 Å². The molecule has 0 spiro atoms. The number of hydrogen-bond acceptors (Lipinski definition) is 3. The molecule has 0 aromatic heterocycles. The number of likely N-dealkylation sites (N-methyl/N-ethyl adjacent to an activating group) is 1. The molecule has 1 aliphatic heterocycles. The largest absolute Gasteiger partial charge is 0.480 e. The van der Waals surface area contributed by atoms with Crippen molar-refractivity contribution in [2.24, 2.45) is 0 Å². The van der Waals surface area contributed by atoms with Crippen LogP contribution < -0.4 is 0 Å². The molecule has 1 aromatic carbocycles. The van der Waals surface area contributed by atoms with Crippen LogP contribution >= 0.6 is 0 Å². The Labute approximate surface area is 146 Å². The molecule has 1 saturated heterocycles. The lowest BCUT2D eigenvalue weighted by molar-refractivity contribution is -0.138. The number of carboxylic acid groups (broad SMARTS) is 1. The number of aliphatic carboxylic acids is 1. The maximum absolute atomic E-state index is 10.9. The molecule has 2 unspecified atom stereocenters. The maximum atomic E-state index is 10.9. The molecular formula is C20H32N2O2. The molecule has 1 N–H and O–H groups in total. The van der Waals surface area contributed by atoms with Crippen molar-refractivity contribution in [3.05, 3.63) is 35.9 Å². The van der Waals surface area contributed by atoms with Gasteiger partial charge in [0.25, 0.3) is 0 Å². The van der Waals surface area contributed by atoms with Crippen molar-refractivity contribution in [1.82, 2.24) is 9.80 Å². The van der Waals surface area contributed by atoms with Gasteiger partial charge >= 0.3 is 5.97 Å². The summed E-state index contributed by atoms with van der Waals surface area (Å²) in [5, 5.41) is 8.99. The standard InChI is InChI=1S/C20H32N2O2/c1-3-8-18(17-9-5-4-6-10-17)15-22-13-7-11-19(12-14-22)21(2)16-20(23)24/h4-6,9-10,18-19H,3,7-8,11-16H2,1-2H3,(H,23,24). The number of nitrogens with zero attached hydrogens (tertiary/aromatic N) is 2. The second-order valence-electron chi connectivity index (χ2n) is 7.09. The van der Waals surface area contributed by atoms with Crippen LogP contribution in [0.4, 0.5) is 0 Å². The topological polar surface area (TPSA) is 43.8 Å². The normalized spacial score (nSPS) is 20.7. The lowest BCUT2D eigenvalue weighted by Crippen LogP contribution is -2.37. The Kier molecular flexibility index (Phi) is 7.73. The summed E-state index contributed by atoms with van der Waals surface area (Å²) in [6.45, 7) is 5.72. The van der Waals surface area contributed by atoms with Crippen molar-refractivity contribution in [2.75, 3.05) is 33.2 Å². The van der Waals surface area contributed by atoms with Gasteiger partial charge in [0, 0.05) is 12.6 Å². The van der Waals surface area contributed by atoms with E-state index in [1.807, 2.05) is 11.9 Å². The van der Waals surface area contributed by atoms with Crippen LogP contribution in [0.25, 0.3) is 0 Å². The third-order valence-corrected chi connectivity index (χ3v) is 5.18. The highest BCUT2D eigenvalue weighted by atomic mass is 16.4. The highest BCUT2D eigenvalue weighted by Gasteiger charge is 2.23. The Balaban J connectivity index is 1.91. The van der Waals surface area contributed by atoms with Crippen molar-refractivity contribution in [3.8, 4) is 0 Å². The molecular weight excluding hydrogens is 300 g/mol. The van der Waals surface area contributed by atoms with Gasteiger partial charge in [-0.15, -0.1) is 0 Å². The molecule has 1 heterocycles. The van der Waals surface area contributed by atoms with E-state index in [0.717, 1.165) is 38.9 Å². The molecule has 1 fully saturated rings. The van der Waals surface area contributed by atoms with Crippen LogP contribution in [-0.4, -0.2) is 60.1 Å². The van der Waals surface area contributed by atoms with Gasteiger partial charge < -0.3 is 10.0 Å². The van der Waals surface area contributed by atoms with Crippen LogP contribution in [0.15, 0.2) is 30.3 Å². The van der Waals surface area contributed by atoms with Crippen LogP contribution in [0.3, 0.4) is 0 Å². The molecule has 2 rings (SSSR count). The molecule has 0 saturated carbocycles. The minimum Gasteiger partial charge on any atom is -0.480 e. The molecule has 0 radical (unpaired) electrons. The summed E-state index contributed by atoms with van der Waals surface area (Å²) in [4.78, 5) is 15.5. The Morgan fingerprint density at radius 3 is 2.71 bits per heavy atom. The third-order valence-electron chi connectivity index (χ3n) is 5.18. The van der Waals surface area contributed by atoms with Gasteiger partial charge in [0.05, 0.1) is 6.54 Å². The number of carboxylic acids is 1. The number of hydrogen-bond donors (Lipinski definition) is 1. The first-order valence-electron chi connectivity index (χ1n) is 9.29. The predicted molar refractivity (Wildman–Crippen MR) is 98.4 cm³/mol. The predicted octanol–water partition coefficient (Wildman–Crippen LogP) is 3.44. The summed E-state index contributed by atoms with van der Waals surface area (Å²) in [5.74, 6) is -0.129. The van der Waals surface area contributed by atoms with E-state index in [1.165, 1.54) is 18.4 Å². The van der Waals surface area contributed by atoms with Gasteiger partial charge in [-0.3, -0.25) is 9.69 Å². The molecule has 2 atom stereocenters. The first-order valence-corrected chi connectivity index (χ1v) is 9.29. The number of likely N-dealkylation sites (tertiary alicyclic amines) is 1. The van der Waals surface area contributed by atoms with Gasteiger partial charge in [0.2, 0.25) is 0 Å². The van der Waals surface area contributed by atoms with Gasteiger partial charge in [-0.25, -0.2) is 0 Å². The minimum absolute atomic E-state index is 0.146. The average Bonchev–Trinajstić information content (AvgIpc) is 2.80. The van der Waals surface area contributed by atoms with Crippen molar-refractivity contribution < 1.29 is 9.90 Å². The molecule has 1 aliphatic rings. The molecule has 24 heavy (non-hydrogen) atoms. The summed E-state index contributed by atoms with van der Waals surface area (Å²) < 4.78 is 0. The summed E-state index contributed by atoms with van der Waals surface area (Å²) in [6, 6.07) is 11.3. The number of carbonyl (C=O) groups is 1. The monoisotopic (exact) mass is 332 g/mol. The van der Waals surface area contributed by atoms with Crippen LogP contribution in [-0.2, 0) is 4.79 Å². The molecule has 0 aliphatic carbocycles. The van der Waals surface area contributed by atoms with Gasteiger partial charge in [-0.05, 0) is 57.3 Å². The van der Waals surface area contributed by atoms with Gasteiger partial charge in [0.15, 0.2) is 0 Å². The van der Waals surface area contributed by atoms with Crippen molar-refractivity contribution in [1.29, 1.82) is 0 Å². The molecule has 1 aromatic rings. The van der Waals surface area contributed by atoms with Crippen LogP contribution in [0.2, 0.25) is 0 Å². The Hall–Kier alpha value is -1.39. The molecule has 0 bridgehead atoms. The van der Waals surface area contributed by atoms with E-state index in [2.05, 4.69) is 42.2 Å². The van der Waals surface area contributed by atoms with E-state index < -0.39 is 5.97 Å². The van der Waals surface area contributed by atoms with E-state index in [-0.39, 0.29) is 6.54 Å². The zero-order valence-corrected chi connectivity index (χ0v) is 15.2. The Bertz CT molecular complexity index is 492. The molecule has 0 amide bonds. The van der Waals surface area contributed by atoms with Crippen molar-refractivity contribution in [2.45, 2.75) is 51.0 Å². The Morgan fingerprint density at radius 2 is 2.04 bits per heavy atom. The van der Waals surface area contributed by atoms with Gasteiger partial charge in [0.1, 0.15) is 0 Å². The fourth-order valence-electron chi connectivity index (χ4n) is 3.85. The van der Waals surface area contributed by atoms with E-state index in [0.29, 0.717) is 12.0 Å². The SMILES string of the molecule is CCCC(CN1CCCC(N(C)CC(=O)O)CC1)c1ccccc1. The highest BCUT2D eigenvalue weighted by molar-refractivity contribution is 5.69. The number of benzene rings is 1. The van der Waals surface area contributed by atoms with Crippen LogP contribution in [0, 0.1) is 0 Å². The summed E-state index contributed by atoms with van der Waals surface area (Å²) in [7, 11) is 1.94. The van der Waals surface area contributed by atoms with Crippen LogP contribution in [0.5, 0.6) is 0 Å². The lowest BCUT2D eigenvalue weighted by Gasteiger charge is -2.28. The van der Waals surface area contributed by atoms with E-state index in [4.69, 9.17) is 5.11 Å². The summed E-state index contributed by atoms with van der Waals surface area (Å²) in [6.07, 6.45) is 5.75. The maximum Gasteiger partial charge on any atom is 0.317 e. The summed E-state index contributed by atoms with van der Waals surface area (Å²) in [5.41, 5.74) is 1.45. The quantitative estimate of drug-likeness (QED) is 0.792. The zero-order valence-electron chi connectivity index (χ0n) is 15.2. The van der Waals surface area contributed by atoms with Gasteiger partial charge in [-0.1, -0.05) is 43.7 Å².